The molecule has 0 amide bonds. The summed E-state index contributed by atoms with van der Waals surface area (Å²) in [6.07, 6.45) is 15.5. The summed E-state index contributed by atoms with van der Waals surface area (Å²) in [5, 5.41) is 0. The summed E-state index contributed by atoms with van der Waals surface area (Å²) >= 11 is 0. The largest absolute Gasteiger partial charge is 2.00 e. The molecule has 0 bridgehead atoms. The third-order valence-electron chi connectivity index (χ3n) is 3.06. The van der Waals surface area contributed by atoms with Crippen LogP contribution in [-0.2, 0) is 0 Å². The van der Waals surface area contributed by atoms with Gasteiger partial charge in [-0.25, -0.2) is 0 Å². The van der Waals surface area contributed by atoms with E-state index in [1.54, 1.807) is 0 Å². The molecule has 0 atom stereocenters. The van der Waals surface area contributed by atoms with Crippen molar-refractivity contribution in [2.24, 2.45) is 0 Å². The van der Waals surface area contributed by atoms with Gasteiger partial charge in [0.1, 0.15) is 0 Å². The van der Waals surface area contributed by atoms with Gasteiger partial charge in [0.2, 0.25) is 0 Å². The molecule has 0 aromatic heterocycles. The third-order valence-corrected chi connectivity index (χ3v) is 3.06. The number of rotatable bonds is 12. The third kappa shape index (κ3) is 32.7. The predicted octanol–water partition coefficient (Wildman–Crippen LogP) is 6.42. The standard InChI is InChI=1S/2C8H18N.Sr/c2*1-2-3-4-5-6-7-8-9;/h2*9H,2-8H2,1H3;/q2*-1;+2. The molecular formula is C16H36N2Sr. The Morgan fingerprint density at radius 3 is 1.00 bits per heavy atom. The molecule has 0 heterocycles. The predicted molar refractivity (Wildman–Crippen MR) is 90.9 cm³/mol. The molecule has 0 spiro atoms. The fourth-order valence-corrected chi connectivity index (χ4v) is 1.81. The molecule has 2 nitrogen and oxygen atoms in total. The summed E-state index contributed by atoms with van der Waals surface area (Å²) in [4.78, 5) is 0. The van der Waals surface area contributed by atoms with Crippen LogP contribution < -0.4 is 0 Å². The Morgan fingerprint density at radius 1 is 0.474 bits per heavy atom. The minimum Gasteiger partial charge on any atom is -0.677 e. The Kier molecular flexibility index (Phi) is 37.0. The average Bonchev–Trinajstić information content (AvgIpc) is 2.39. The zero-order valence-corrected chi connectivity index (χ0v) is 17.1. The Bertz CT molecular complexity index is 95.3. The topological polar surface area (TPSA) is 47.6 Å². The maximum absolute atomic E-state index is 6.88. The molecule has 0 saturated carbocycles. The first-order valence-corrected chi connectivity index (χ1v) is 8.12. The van der Waals surface area contributed by atoms with E-state index in [2.05, 4.69) is 13.8 Å². The summed E-state index contributed by atoms with van der Waals surface area (Å²) in [5.74, 6) is 0. The van der Waals surface area contributed by atoms with E-state index in [-0.39, 0.29) is 45.5 Å². The van der Waals surface area contributed by atoms with Crippen LogP contribution in [0.1, 0.15) is 90.9 Å². The Morgan fingerprint density at radius 2 is 0.737 bits per heavy atom. The number of nitrogens with one attached hydrogen (secondary N) is 2. The minimum absolute atomic E-state index is 0. The molecule has 0 unspecified atom stereocenters. The van der Waals surface area contributed by atoms with Gasteiger partial charge >= 0.3 is 45.5 Å². The minimum atomic E-state index is 0. The number of unbranched alkanes of at least 4 members (excludes halogenated alkanes) is 10. The zero-order chi connectivity index (χ0) is 13.9. The summed E-state index contributed by atoms with van der Waals surface area (Å²) in [6.45, 7) is 5.69. The van der Waals surface area contributed by atoms with Crippen LogP contribution in [0.5, 0.6) is 0 Å². The van der Waals surface area contributed by atoms with E-state index in [4.69, 9.17) is 11.5 Å². The molecule has 0 radical (unpaired) electrons. The summed E-state index contributed by atoms with van der Waals surface area (Å²) < 4.78 is 0. The van der Waals surface area contributed by atoms with Gasteiger partial charge < -0.3 is 11.5 Å². The van der Waals surface area contributed by atoms with Crippen molar-refractivity contribution in [1.82, 2.24) is 0 Å². The molecule has 0 aliphatic carbocycles. The van der Waals surface area contributed by atoms with Gasteiger partial charge in [0, 0.05) is 0 Å². The van der Waals surface area contributed by atoms with Gasteiger partial charge in [-0.2, -0.15) is 13.1 Å². The van der Waals surface area contributed by atoms with Crippen molar-refractivity contribution < 1.29 is 0 Å². The molecule has 3 heteroatoms. The maximum atomic E-state index is 6.88. The van der Waals surface area contributed by atoms with Crippen molar-refractivity contribution in [1.29, 1.82) is 0 Å². The molecule has 0 saturated heterocycles. The quantitative estimate of drug-likeness (QED) is 0.290. The molecule has 0 aromatic carbocycles. The first-order valence-electron chi connectivity index (χ1n) is 8.12. The van der Waals surface area contributed by atoms with Crippen molar-refractivity contribution in [3.8, 4) is 0 Å². The van der Waals surface area contributed by atoms with Crippen molar-refractivity contribution in [3.05, 3.63) is 11.5 Å². The van der Waals surface area contributed by atoms with Crippen LogP contribution in [0.15, 0.2) is 0 Å². The molecule has 0 aromatic rings. The second kappa shape index (κ2) is 27.7. The summed E-state index contributed by atoms with van der Waals surface area (Å²) in [5.41, 5.74) is 13.8. The van der Waals surface area contributed by atoms with Gasteiger partial charge in [0.05, 0.1) is 0 Å². The van der Waals surface area contributed by atoms with Crippen molar-refractivity contribution in [3.63, 3.8) is 0 Å². The van der Waals surface area contributed by atoms with Gasteiger partial charge in [0.15, 0.2) is 0 Å². The first kappa shape index (κ1) is 25.4. The number of hydrogen-bond donors (Lipinski definition) is 0. The molecule has 2 N–H and O–H groups in total. The van der Waals surface area contributed by atoms with Crippen LogP contribution in [0.4, 0.5) is 0 Å². The smallest absolute Gasteiger partial charge is 0.677 e. The van der Waals surface area contributed by atoms with Crippen LogP contribution in [-0.4, -0.2) is 58.6 Å². The first-order chi connectivity index (χ1) is 8.83. The Labute approximate surface area is 159 Å². The van der Waals surface area contributed by atoms with E-state index in [0.717, 1.165) is 12.8 Å². The maximum Gasteiger partial charge on any atom is 2.00 e. The fraction of sp³-hybridized carbons (Fsp3) is 1.00. The molecular weight excluding hydrogens is 308 g/mol. The second-order valence-electron chi connectivity index (χ2n) is 5.04. The molecule has 0 aliphatic rings. The van der Waals surface area contributed by atoms with Crippen molar-refractivity contribution in [2.75, 3.05) is 13.1 Å². The second-order valence-corrected chi connectivity index (χ2v) is 5.04. The van der Waals surface area contributed by atoms with E-state index >= 15 is 0 Å². The molecule has 0 aliphatic heterocycles. The van der Waals surface area contributed by atoms with Gasteiger partial charge in [-0.1, -0.05) is 90.9 Å². The fourth-order valence-electron chi connectivity index (χ4n) is 1.81. The normalized spacial score (nSPS) is 9.47. The SMILES string of the molecule is CCCCCCCC[NH-].CCCCCCCC[NH-].[Sr+2]. The Balaban J connectivity index is -0.000000256. The average molecular weight is 344 g/mol. The van der Waals surface area contributed by atoms with Crippen LogP contribution in [0.2, 0.25) is 0 Å². The van der Waals surface area contributed by atoms with Gasteiger partial charge in [0.25, 0.3) is 0 Å². The van der Waals surface area contributed by atoms with E-state index < -0.39 is 0 Å². The van der Waals surface area contributed by atoms with E-state index in [9.17, 15) is 0 Å². The van der Waals surface area contributed by atoms with Crippen molar-refractivity contribution in [2.45, 2.75) is 90.9 Å². The molecule has 0 fully saturated rings. The monoisotopic (exact) mass is 344 g/mol. The number of hydrogen-bond acceptors (Lipinski definition) is 0. The van der Waals surface area contributed by atoms with E-state index in [0.29, 0.717) is 13.1 Å². The van der Waals surface area contributed by atoms with Crippen LogP contribution in [0.25, 0.3) is 11.5 Å². The molecule has 112 valence electrons. The molecule has 19 heavy (non-hydrogen) atoms. The summed E-state index contributed by atoms with van der Waals surface area (Å²) in [7, 11) is 0. The Hall–Kier alpha value is 1.40. The van der Waals surface area contributed by atoms with E-state index in [1.807, 2.05) is 0 Å². The van der Waals surface area contributed by atoms with Gasteiger partial charge in [-0.15, -0.1) is 0 Å². The van der Waals surface area contributed by atoms with Gasteiger partial charge in [-0.3, -0.25) is 0 Å². The molecule has 0 rings (SSSR count). The van der Waals surface area contributed by atoms with Crippen molar-refractivity contribution >= 4 is 45.5 Å². The summed E-state index contributed by atoms with van der Waals surface area (Å²) in [6, 6.07) is 0. The van der Waals surface area contributed by atoms with Crippen LogP contribution in [0.3, 0.4) is 0 Å². The van der Waals surface area contributed by atoms with Crippen LogP contribution >= 0.6 is 0 Å². The zero-order valence-electron chi connectivity index (χ0n) is 13.6. The van der Waals surface area contributed by atoms with Crippen LogP contribution in [0, 0.1) is 0 Å². The van der Waals surface area contributed by atoms with Gasteiger partial charge in [-0.05, 0) is 0 Å². The van der Waals surface area contributed by atoms with E-state index in [1.165, 1.54) is 64.2 Å².